The van der Waals surface area contributed by atoms with Crippen LogP contribution in [0.15, 0.2) is 170 Å². The number of carbonyl (C=O) groups is 2. The van der Waals surface area contributed by atoms with Crippen LogP contribution in [0.5, 0.6) is 23.0 Å². The van der Waals surface area contributed by atoms with Crippen LogP contribution in [-0.2, 0) is 18.5 Å². The lowest BCUT2D eigenvalue weighted by molar-refractivity contribution is 0.101. The van der Waals surface area contributed by atoms with E-state index in [9.17, 15) is 9.59 Å². The Hall–Kier alpha value is -6.84. The Morgan fingerprint density at radius 2 is 0.746 bits per heavy atom. The Morgan fingerprint density at radius 1 is 0.441 bits per heavy atom. The van der Waals surface area contributed by atoms with Gasteiger partial charge in [-0.2, -0.15) is 0 Å². The molecule has 7 aromatic rings. The quantitative estimate of drug-likeness (QED) is 0.0761. The second-order valence-electron chi connectivity index (χ2n) is 13.7. The number of hydrogen-bond acceptors (Lipinski definition) is 6. The second kappa shape index (κ2) is 22.2. The summed E-state index contributed by atoms with van der Waals surface area (Å²) in [6.45, 7) is 7.21. The maximum Gasteiger partial charge on any atom is 0.255 e. The molecule has 0 atom stereocenters. The van der Waals surface area contributed by atoms with Gasteiger partial charge in [0.15, 0.2) is 0 Å². The first kappa shape index (κ1) is 43.3. The first-order valence-electron chi connectivity index (χ1n) is 18.9. The molecule has 0 saturated heterocycles. The summed E-state index contributed by atoms with van der Waals surface area (Å²) in [5.41, 5.74) is 9.65. The van der Waals surface area contributed by atoms with Crippen LogP contribution in [0.25, 0.3) is 0 Å². The number of rotatable bonds is 11. The number of aryl methyl sites for hydroxylation is 3. The Bertz CT molecular complexity index is 2350. The molecular formula is C50H47BrN2O6. The lowest BCUT2D eigenvalue weighted by Gasteiger charge is -2.10. The number of nitrogens with one attached hydrogen (secondary N) is 2. The van der Waals surface area contributed by atoms with Crippen molar-refractivity contribution in [3.63, 3.8) is 0 Å². The largest absolute Gasteiger partial charge is 0.508 e. The number of anilines is 2. The van der Waals surface area contributed by atoms with Gasteiger partial charge >= 0.3 is 0 Å². The van der Waals surface area contributed by atoms with Gasteiger partial charge in [-0.1, -0.05) is 105 Å². The number of ether oxygens (including phenoxy) is 2. The average molecular weight is 852 g/mol. The Balaban J connectivity index is 0.000000209. The maximum absolute atomic E-state index is 12.6. The highest BCUT2D eigenvalue weighted by atomic mass is 79.9. The molecule has 0 heterocycles. The fourth-order valence-electron chi connectivity index (χ4n) is 5.28. The van der Waals surface area contributed by atoms with Gasteiger partial charge in [-0.25, -0.2) is 0 Å². The third kappa shape index (κ3) is 14.9. The monoisotopic (exact) mass is 850 g/mol. The number of aromatic hydroxyl groups is 2. The number of alkyl halides is 1. The molecular weight excluding hydrogens is 804 g/mol. The van der Waals surface area contributed by atoms with Crippen molar-refractivity contribution in [1.82, 2.24) is 0 Å². The first-order valence-corrected chi connectivity index (χ1v) is 20.0. The number of amides is 2. The van der Waals surface area contributed by atoms with E-state index in [0.29, 0.717) is 35.7 Å². The normalized spacial score (nSPS) is 10.2. The number of benzene rings is 7. The molecule has 0 aromatic heterocycles. The van der Waals surface area contributed by atoms with Crippen LogP contribution in [0.1, 0.15) is 54.1 Å². The van der Waals surface area contributed by atoms with Crippen molar-refractivity contribution in [3.05, 3.63) is 214 Å². The molecule has 0 aliphatic rings. The number of phenols is 2. The van der Waals surface area contributed by atoms with Crippen LogP contribution < -0.4 is 20.1 Å². The predicted molar refractivity (Wildman–Crippen MR) is 240 cm³/mol. The zero-order valence-corrected chi connectivity index (χ0v) is 34.8. The topological polar surface area (TPSA) is 117 Å². The van der Waals surface area contributed by atoms with Gasteiger partial charge < -0.3 is 30.3 Å². The minimum atomic E-state index is -0.268. The standard InChI is InChI=1S/C29H27NO3.C13H11NO3.C8H9Br/c1-21-3-7-23(8-4-21)19-32-27-15-11-25(12-16-27)29(31)30-26-13-17-28(18-14-26)33-20-24-9-5-22(2)6-10-24;15-11-5-1-9(2-6-11)13(17)14-10-3-7-12(16)8-4-10;1-7-2-4-8(6-9)5-3-7/h3-18H,19-20H2,1-2H3,(H,30,31);1-8,15-16H,(H,14,17);2-5H,6H2,1H3. The molecule has 0 bridgehead atoms. The number of halogens is 1. The summed E-state index contributed by atoms with van der Waals surface area (Å²) in [5, 5.41) is 24.7. The van der Waals surface area contributed by atoms with Crippen molar-refractivity contribution >= 4 is 39.1 Å². The summed E-state index contributed by atoms with van der Waals surface area (Å²) in [6.07, 6.45) is 0. The fraction of sp³-hybridized carbons (Fsp3) is 0.120. The molecule has 4 N–H and O–H groups in total. The molecule has 7 rings (SSSR count). The Morgan fingerprint density at radius 3 is 1.12 bits per heavy atom. The van der Waals surface area contributed by atoms with Crippen molar-refractivity contribution in [2.24, 2.45) is 0 Å². The highest BCUT2D eigenvalue weighted by Crippen LogP contribution is 2.20. The van der Waals surface area contributed by atoms with Gasteiger partial charge in [0.25, 0.3) is 11.8 Å². The zero-order valence-electron chi connectivity index (χ0n) is 33.2. The molecule has 0 saturated carbocycles. The summed E-state index contributed by atoms with van der Waals surface area (Å²) < 4.78 is 11.6. The molecule has 7 aromatic carbocycles. The Labute approximate surface area is 354 Å². The summed E-state index contributed by atoms with van der Waals surface area (Å²) >= 11 is 3.38. The number of phenolic OH excluding ortho intramolecular Hbond substituents is 2. The predicted octanol–water partition coefficient (Wildman–Crippen LogP) is 12.0. The van der Waals surface area contributed by atoms with Crippen LogP contribution >= 0.6 is 15.9 Å². The molecule has 0 fully saturated rings. The minimum absolute atomic E-state index is 0.117. The van der Waals surface area contributed by atoms with Crippen molar-refractivity contribution in [1.29, 1.82) is 0 Å². The molecule has 0 aliphatic carbocycles. The van der Waals surface area contributed by atoms with Crippen molar-refractivity contribution in [3.8, 4) is 23.0 Å². The summed E-state index contributed by atoms with van der Waals surface area (Å²) in [6, 6.07) is 51.7. The lowest BCUT2D eigenvalue weighted by atomic mass is 10.1. The lowest BCUT2D eigenvalue weighted by Crippen LogP contribution is -2.11. The first-order chi connectivity index (χ1) is 28.5. The van der Waals surface area contributed by atoms with Crippen LogP contribution in [-0.4, -0.2) is 22.0 Å². The van der Waals surface area contributed by atoms with E-state index in [1.165, 1.54) is 58.7 Å². The van der Waals surface area contributed by atoms with E-state index < -0.39 is 0 Å². The SMILES string of the molecule is Cc1ccc(CBr)cc1.Cc1ccc(COc2ccc(NC(=O)c3ccc(OCc4ccc(C)cc4)cc3)cc2)cc1.O=C(Nc1ccc(O)cc1)c1ccc(O)cc1. The van der Waals surface area contributed by atoms with E-state index in [4.69, 9.17) is 19.7 Å². The van der Waals surface area contributed by atoms with Gasteiger partial charge in [-0.05, 0) is 135 Å². The van der Waals surface area contributed by atoms with E-state index in [1.807, 2.05) is 36.4 Å². The van der Waals surface area contributed by atoms with E-state index in [-0.39, 0.29) is 23.3 Å². The van der Waals surface area contributed by atoms with Gasteiger partial charge in [0, 0.05) is 27.8 Å². The van der Waals surface area contributed by atoms with E-state index in [0.717, 1.165) is 28.0 Å². The van der Waals surface area contributed by atoms with Crippen molar-refractivity contribution in [2.45, 2.75) is 39.3 Å². The molecule has 300 valence electrons. The third-order valence-corrected chi connectivity index (χ3v) is 9.46. The van der Waals surface area contributed by atoms with Gasteiger partial charge in [0.2, 0.25) is 0 Å². The van der Waals surface area contributed by atoms with Crippen LogP contribution in [0.4, 0.5) is 11.4 Å². The molecule has 8 nitrogen and oxygen atoms in total. The van der Waals surface area contributed by atoms with E-state index in [1.54, 1.807) is 24.3 Å². The zero-order chi connectivity index (χ0) is 42.0. The summed E-state index contributed by atoms with van der Waals surface area (Å²) in [7, 11) is 0. The van der Waals surface area contributed by atoms with Crippen LogP contribution in [0, 0.1) is 20.8 Å². The second-order valence-corrected chi connectivity index (χ2v) is 14.3. The van der Waals surface area contributed by atoms with Crippen molar-refractivity contribution in [2.75, 3.05) is 10.6 Å². The van der Waals surface area contributed by atoms with E-state index >= 15 is 0 Å². The van der Waals surface area contributed by atoms with Gasteiger partial charge in [0.1, 0.15) is 36.2 Å². The third-order valence-electron chi connectivity index (χ3n) is 8.81. The molecule has 0 aliphatic heterocycles. The number of hydrogen-bond donors (Lipinski definition) is 4. The van der Waals surface area contributed by atoms with Gasteiger partial charge in [0.05, 0.1) is 0 Å². The summed E-state index contributed by atoms with van der Waals surface area (Å²) in [4.78, 5) is 24.3. The number of carbonyl (C=O) groups excluding carboxylic acids is 2. The molecule has 0 unspecified atom stereocenters. The molecule has 59 heavy (non-hydrogen) atoms. The van der Waals surface area contributed by atoms with Crippen molar-refractivity contribution < 1.29 is 29.3 Å². The average Bonchev–Trinajstić information content (AvgIpc) is 3.26. The maximum atomic E-state index is 12.6. The smallest absolute Gasteiger partial charge is 0.255 e. The summed E-state index contributed by atoms with van der Waals surface area (Å²) in [5.74, 6) is 1.30. The minimum Gasteiger partial charge on any atom is -0.508 e. The Kier molecular flexibility index (Phi) is 16.3. The van der Waals surface area contributed by atoms with E-state index in [2.05, 4.69) is 120 Å². The molecule has 0 radical (unpaired) electrons. The molecule has 2 amide bonds. The fourth-order valence-corrected chi connectivity index (χ4v) is 5.65. The highest BCUT2D eigenvalue weighted by Gasteiger charge is 2.08. The van der Waals surface area contributed by atoms with Gasteiger partial charge in [-0.3, -0.25) is 9.59 Å². The van der Waals surface area contributed by atoms with Crippen LogP contribution in [0.3, 0.4) is 0 Å². The van der Waals surface area contributed by atoms with Gasteiger partial charge in [-0.15, -0.1) is 0 Å². The highest BCUT2D eigenvalue weighted by molar-refractivity contribution is 9.08. The molecule has 9 heteroatoms. The molecule has 0 spiro atoms. The van der Waals surface area contributed by atoms with Crippen LogP contribution in [0.2, 0.25) is 0 Å².